The van der Waals surface area contributed by atoms with Gasteiger partial charge in [0.2, 0.25) is 5.91 Å². The number of hydrogen-bond donors (Lipinski definition) is 2. The summed E-state index contributed by atoms with van der Waals surface area (Å²) < 4.78 is 5.33. The van der Waals surface area contributed by atoms with E-state index >= 15 is 0 Å². The van der Waals surface area contributed by atoms with E-state index in [0.29, 0.717) is 26.1 Å². The first kappa shape index (κ1) is 19.9. The number of carbonyl (C=O) groups excluding carboxylic acids is 2. The second kappa shape index (κ2) is 7.62. The molecule has 2 aliphatic rings. The molecule has 2 N–H and O–H groups in total. The van der Waals surface area contributed by atoms with Crippen LogP contribution in [0.15, 0.2) is 0 Å². The van der Waals surface area contributed by atoms with E-state index in [1.165, 1.54) is 0 Å². The fraction of sp³-hybridized carbons (Fsp3) is 0.867. The molecule has 3 atom stereocenters. The molecule has 3 unspecified atom stereocenters. The van der Waals surface area contributed by atoms with E-state index in [0.717, 1.165) is 12.8 Å². The number of carbonyl (C=O) groups is 2. The maximum absolute atomic E-state index is 12.5. The summed E-state index contributed by atoms with van der Waals surface area (Å²) in [5.74, 6) is -1.49. The number of ether oxygens (including phenoxy) is 1. The minimum Gasteiger partial charge on any atom is -0.550 e. The molecule has 22 heavy (non-hydrogen) atoms. The summed E-state index contributed by atoms with van der Waals surface area (Å²) in [7, 11) is 0. The molecule has 1 heterocycles. The van der Waals surface area contributed by atoms with Crippen molar-refractivity contribution >= 4 is 11.9 Å². The fourth-order valence-electron chi connectivity index (χ4n) is 3.42. The predicted molar refractivity (Wildman–Crippen MR) is 73.1 cm³/mol. The van der Waals surface area contributed by atoms with Gasteiger partial charge in [-0.2, -0.15) is 0 Å². The van der Waals surface area contributed by atoms with Crippen LogP contribution >= 0.6 is 0 Å². The molecular formula is C15H24NNaO5. The van der Waals surface area contributed by atoms with Gasteiger partial charge in [-0.15, -0.1) is 0 Å². The van der Waals surface area contributed by atoms with Crippen molar-refractivity contribution in [1.29, 1.82) is 0 Å². The van der Waals surface area contributed by atoms with Crippen molar-refractivity contribution in [2.75, 3.05) is 13.2 Å². The van der Waals surface area contributed by atoms with Gasteiger partial charge in [-0.25, -0.2) is 0 Å². The van der Waals surface area contributed by atoms with Gasteiger partial charge < -0.3 is 25.1 Å². The molecule has 1 saturated heterocycles. The molecule has 7 heteroatoms. The van der Waals surface area contributed by atoms with E-state index in [2.05, 4.69) is 5.32 Å². The number of nitrogens with one attached hydrogen (secondary N) is 1. The molecule has 1 spiro atoms. The van der Waals surface area contributed by atoms with Crippen molar-refractivity contribution in [2.24, 2.45) is 10.8 Å². The van der Waals surface area contributed by atoms with Crippen LogP contribution in [0.3, 0.4) is 0 Å². The third-order valence-corrected chi connectivity index (χ3v) is 5.41. The molecule has 120 valence electrons. The molecule has 2 rings (SSSR count). The summed E-state index contributed by atoms with van der Waals surface area (Å²) in [6, 6.07) is -0.100. The Balaban J connectivity index is 0.00000242. The number of aliphatic hydroxyl groups is 1. The summed E-state index contributed by atoms with van der Waals surface area (Å²) >= 11 is 0. The van der Waals surface area contributed by atoms with Gasteiger partial charge in [-0.05, 0) is 25.7 Å². The van der Waals surface area contributed by atoms with Gasteiger partial charge in [0.1, 0.15) is 0 Å². The molecular weight excluding hydrogens is 297 g/mol. The molecule has 0 radical (unpaired) electrons. The van der Waals surface area contributed by atoms with E-state index in [1.807, 2.05) is 0 Å². The fourth-order valence-corrected chi connectivity index (χ4v) is 3.42. The van der Waals surface area contributed by atoms with Crippen molar-refractivity contribution in [2.45, 2.75) is 58.1 Å². The number of aliphatic hydroxyl groups excluding tert-OH is 1. The van der Waals surface area contributed by atoms with Crippen molar-refractivity contribution < 1.29 is 54.1 Å². The summed E-state index contributed by atoms with van der Waals surface area (Å²) in [5.41, 5.74) is -1.27. The molecule has 0 aromatic carbocycles. The van der Waals surface area contributed by atoms with E-state index in [1.54, 1.807) is 13.8 Å². The van der Waals surface area contributed by atoms with Crippen LogP contribution in [0, 0.1) is 10.8 Å². The number of carboxylic acids is 1. The van der Waals surface area contributed by atoms with Crippen LogP contribution < -0.4 is 40.0 Å². The van der Waals surface area contributed by atoms with Gasteiger partial charge in [0.05, 0.1) is 11.5 Å². The van der Waals surface area contributed by atoms with Crippen LogP contribution in [0.4, 0.5) is 0 Å². The predicted octanol–water partition coefficient (Wildman–Crippen LogP) is -3.41. The van der Waals surface area contributed by atoms with E-state index in [4.69, 9.17) is 4.74 Å². The van der Waals surface area contributed by atoms with E-state index < -0.39 is 17.5 Å². The zero-order chi connectivity index (χ0) is 15.7. The summed E-state index contributed by atoms with van der Waals surface area (Å²) in [6.07, 6.45) is 1.70. The number of aliphatic carboxylic acids is 1. The van der Waals surface area contributed by atoms with E-state index in [9.17, 15) is 19.8 Å². The minimum absolute atomic E-state index is 0. The maximum Gasteiger partial charge on any atom is 1.00 e. The summed E-state index contributed by atoms with van der Waals surface area (Å²) in [6.45, 7) is 4.62. The average molecular weight is 321 g/mol. The van der Waals surface area contributed by atoms with Crippen LogP contribution in [0.25, 0.3) is 0 Å². The second-order valence-corrected chi connectivity index (χ2v) is 6.59. The quantitative estimate of drug-likeness (QED) is 0.514. The molecule has 0 bridgehead atoms. The van der Waals surface area contributed by atoms with Crippen LogP contribution in [0.2, 0.25) is 0 Å². The Bertz CT molecular complexity index is 424. The number of hydrogen-bond acceptors (Lipinski definition) is 5. The van der Waals surface area contributed by atoms with Crippen LogP contribution in [0.5, 0.6) is 0 Å². The summed E-state index contributed by atoms with van der Waals surface area (Å²) in [5, 5.41) is 23.9. The van der Waals surface area contributed by atoms with Crippen LogP contribution in [-0.4, -0.2) is 42.3 Å². The number of amides is 1. The SMILES string of the molecule is CCC(C)(CC(=O)[O-])C(=O)NC1CC(O)C12CCOCC2.[Na+]. The smallest absolute Gasteiger partial charge is 0.550 e. The Morgan fingerprint density at radius 2 is 2.00 bits per heavy atom. The maximum atomic E-state index is 12.5. The van der Waals surface area contributed by atoms with Crippen molar-refractivity contribution in [3.8, 4) is 0 Å². The molecule has 1 saturated carbocycles. The zero-order valence-electron chi connectivity index (χ0n) is 13.7. The Morgan fingerprint density at radius 3 is 2.45 bits per heavy atom. The van der Waals surface area contributed by atoms with Gasteiger partial charge in [-0.3, -0.25) is 4.79 Å². The topological polar surface area (TPSA) is 98.7 Å². The normalized spacial score (nSPS) is 28.9. The van der Waals surface area contributed by atoms with E-state index in [-0.39, 0.29) is 53.3 Å². The average Bonchev–Trinajstić information content (AvgIpc) is 2.46. The summed E-state index contributed by atoms with van der Waals surface area (Å²) in [4.78, 5) is 23.3. The molecule has 1 aliphatic heterocycles. The number of rotatable bonds is 5. The van der Waals surface area contributed by atoms with Crippen LogP contribution in [-0.2, 0) is 14.3 Å². The van der Waals surface area contributed by atoms with Crippen LogP contribution in [0.1, 0.15) is 46.0 Å². The molecule has 2 fully saturated rings. The van der Waals surface area contributed by atoms with Gasteiger partial charge in [0.25, 0.3) is 0 Å². The Hall–Kier alpha value is -0.140. The Kier molecular flexibility index (Phi) is 6.89. The first-order chi connectivity index (χ1) is 9.84. The molecule has 1 amide bonds. The Labute approximate surface area is 153 Å². The van der Waals surface area contributed by atoms with Gasteiger partial charge in [-0.1, -0.05) is 13.8 Å². The van der Waals surface area contributed by atoms with Gasteiger partial charge in [0, 0.05) is 37.1 Å². The molecule has 0 aromatic rings. The first-order valence-corrected chi connectivity index (χ1v) is 7.61. The third kappa shape index (κ3) is 3.67. The Morgan fingerprint density at radius 1 is 1.41 bits per heavy atom. The standard InChI is InChI=1S/C15H25NO5.Na/c1-3-14(2,9-12(18)19)13(20)16-10-8-11(17)15(10)4-6-21-7-5-15;/h10-11,17H,3-9H2,1-2H3,(H,16,20)(H,18,19);/q;+1/p-1. The monoisotopic (exact) mass is 321 g/mol. The van der Waals surface area contributed by atoms with Crippen molar-refractivity contribution in [1.82, 2.24) is 5.32 Å². The minimum atomic E-state index is -1.22. The second-order valence-electron chi connectivity index (χ2n) is 6.59. The van der Waals surface area contributed by atoms with Crippen molar-refractivity contribution in [3.05, 3.63) is 0 Å². The van der Waals surface area contributed by atoms with Gasteiger partial charge in [0.15, 0.2) is 0 Å². The zero-order valence-corrected chi connectivity index (χ0v) is 15.7. The molecule has 1 aliphatic carbocycles. The third-order valence-electron chi connectivity index (χ3n) is 5.41. The van der Waals surface area contributed by atoms with Crippen molar-refractivity contribution in [3.63, 3.8) is 0 Å². The number of carboxylic acid groups (broad SMARTS) is 1. The largest absolute Gasteiger partial charge is 1.00 e. The molecule has 0 aromatic heterocycles. The van der Waals surface area contributed by atoms with Gasteiger partial charge >= 0.3 is 29.6 Å². The molecule has 6 nitrogen and oxygen atoms in total. The first-order valence-electron chi connectivity index (χ1n) is 7.61.